The molecule has 0 radical (unpaired) electrons. The van der Waals surface area contributed by atoms with Gasteiger partial charge in [-0.15, -0.1) is 0 Å². The van der Waals surface area contributed by atoms with Gasteiger partial charge in [0.05, 0.1) is 6.07 Å². The first kappa shape index (κ1) is 13.8. The molecule has 0 aliphatic heterocycles. The fourth-order valence-corrected chi connectivity index (χ4v) is 2.76. The summed E-state index contributed by atoms with van der Waals surface area (Å²) in [5.74, 6) is 0. The van der Waals surface area contributed by atoms with Crippen LogP contribution in [0.5, 0.6) is 0 Å². The summed E-state index contributed by atoms with van der Waals surface area (Å²) in [7, 11) is -3.68. The predicted molar refractivity (Wildman–Crippen MR) is 70.8 cm³/mol. The third-order valence-corrected chi connectivity index (χ3v) is 4.54. The molecule has 0 amide bonds. The highest BCUT2D eigenvalue weighted by Gasteiger charge is 2.23. The molecule has 0 heterocycles. The third-order valence-electron chi connectivity index (χ3n) is 2.15. The molecular weight excluding hydrogens is 306 g/mol. The summed E-state index contributed by atoms with van der Waals surface area (Å²) in [4.78, 5) is 0. The quantitative estimate of drug-likeness (QED) is 0.831. The van der Waals surface area contributed by atoms with Crippen molar-refractivity contribution in [2.75, 3.05) is 10.5 Å². The van der Waals surface area contributed by atoms with E-state index < -0.39 is 15.3 Å². The molecule has 0 aliphatic carbocycles. The molecule has 0 bridgehead atoms. The van der Waals surface area contributed by atoms with Crippen LogP contribution in [0.15, 0.2) is 22.7 Å². The van der Waals surface area contributed by atoms with E-state index in [4.69, 9.17) is 11.0 Å². The second-order valence-electron chi connectivity index (χ2n) is 3.41. The van der Waals surface area contributed by atoms with Crippen molar-refractivity contribution in [3.8, 4) is 6.07 Å². The summed E-state index contributed by atoms with van der Waals surface area (Å²) >= 11 is 3.20. The molecule has 0 aliphatic rings. The zero-order valence-corrected chi connectivity index (χ0v) is 11.5. The normalized spacial score (nSPS) is 12.8. The van der Waals surface area contributed by atoms with Crippen LogP contribution < -0.4 is 10.5 Å². The van der Waals surface area contributed by atoms with Crippen molar-refractivity contribution in [3.05, 3.63) is 22.7 Å². The minimum Gasteiger partial charge on any atom is -0.398 e. The summed E-state index contributed by atoms with van der Waals surface area (Å²) in [5, 5.41) is 7.68. The number of hydrogen-bond donors (Lipinski definition) is 2. The Bertz CT molecular complexity index is 551. The molecule has 3 N–H and O–H groups in total. The Morgan fingerprint density at radius 1 is 1.59 bits per heavy atom. The highest BCUT2D eigenvalue weighted by atomic mass is 79.9. The van der Waals surface area contributed by atoms with E-state index in [1.54, 1.807) is 31.2 Å². The molecule has 1 unspecified atom stereocenters. The minimum atomic E-state index is -3.68. The molecule has 7 heteroatoms. The molecule has 0 spiro atoms. The summed E-state index contributed by atoms with van der Waals surface area (Å²) in [6, 6.07) is 6.43. The molecule has 1 rings (SSSR count). The number of nitrogens with one attached hydrogen (secondary N) is 1. The second kappa shape index (κ2) is 5.38. The van der Waals surface area contributed by atoms with Crippen molar-refractivity contribution in [2.45, 2.75) is 18.6 Å². The Morgan fingerprint density at radius 2 is 2.24 bits per heavy atom. The topological polar surface area (TPSA) is 96.0 Å². The predicted octanol–water partition coefficient (Wildman–Crippen LogP) is 2.08. The van der Waals surface area contributed by atoms with Crippen LogP contribution in [0, 0.1) is 11.3 Å². The van der Waals surface area contributed by atoms with Crippen molar-refractivity contribution < 1.29 is 8.42 Å². The Labute approximate surface area is 109 Å². The highest BCUT2D eigenvalue weighted by molar-refractivity contribution is 9.10. The minimum absolute atomic E-state index is 0.238. The van der Waals surface area contributed by atoms with Crippen LogP contribution >= 0.6 is 15.9 Å². The average Bonchev–Trinajstić information content (AvgIpc) is 2.24. The number of halogens is 1. The number of nitriles is 1. The molecule has 5 nitrogen and oxygen atoms in total. The monoisotopic (exact) mass is 317 g/mol. The van der Waals surface area contributed by atoms with Gasteiger partial charge >= 0.3 is 0 Å². The molecule has 1 aromatic rings. The largest absolute Gasteiger partial charge is 0.398 e. The van der Waals surface area contributed by atoms with E-state index in [0.29, 0.717) is 15.8 Å². The first-order chi connectivity index (χ1) is 7.90. The van der Waals surface area contributed by atoms with Crippen LogP contribution in [0.3, 0.4) is 0 Å². The van der Waals surface area contributed by atoms with Gasteiger partial charge in [0.2, 0.25) is 10.0 Å². The Balaban J connectivity index is 2.99. The zero-order valence-electron chi connectivity index (χ0n) is 9.14. The van der Waals surface area contributed by atoms with Gasteiger partial charge in [-0.25, -0.2) is 8.42 Å². The average molecular weight is 318 g/mol. The Morgan fingerprint density at radius 3 is 2.71 bits per heavy atom. The van der Waals surface area contributed by atoms with Crippen molar-refractivity contribution in [2.24, 2.45) is 0 Å². The molecule has 1 aromatic carbocycles. The molecule has 0 fully saturated rings. The number of benzene rings is 1. The van der Waals surface area contributed by atoms with Gasteiger partial charge in [0.25, 0.3) is 0 Å². The molecule has 17 heavy (non-hydrogen) atoms. The molecule has 0 aromatic heterocycles. The number of nitrogens with two attached hydrogens (primary N) is 1. The highest BCUT2D eigenvalue weighted by Crippen LogP contribution is 2.24. The number of rotatable bonds is 4. The lowest BCUT2D eigenvalue weighted by molar-refractivity contribution is 0.593. The van der Waals surface area contributed by atoms with Crippen LogP contribution in [-0.4, -0.2) is 13.7 Å². The molecule has 0 saturated carbocycles. The van der Waals surface area contributed by atoms with E-state index in [0.717, 1.165) is 0 Å². The second-order valence-corrected chi connectivity index (χ2v) is 6.13. The van der Waals surface area contributed by atoms with Crippen LogP contribution in [0.4, 0.5) is 11.4 Å². The fourth-order valence-electron chi connectivity index (χ4n) is 1.21. The van der Waals surface area contributed by atoms with Crippen molar-refractivity contribution >= 4 is 37.3 Å². The summed E-state index contributed by atoms with van der Waals surface area (Å²) in [6.45, 7) is 1.64. The van der Waals surface area contributed by atoms with E-state index >= 15 is 0 Å². The van der Waals surface area contributed by atoms with Crippen molar-refractivity contribution in [1.82, 2.24) is 0 Å². The summed E-state index contributed by atoms with van der Waals surface area (Å²) in [5.41, 5.74) is 6.48. The summed E-state index contributed by atoms with van der Waals surface area (Å²) < 4.78 is 26.5. The van der Waals surface area contributed by atoms with Gasteiger partial charge in [0.1, 0.15) is 0 Å². The van der Waals surface area contributed by atoms with E-state index in [1.165, 1.54) is 0 Å². The smallest absolute Gasteiger partial charge is 0.249 e. The van der Waals surface area contributed by atoms with Gasteiger partial charge in [-0.2, -0.15) is 5.26 Å². The van der Waals surface area contributed by atoms with Gasteiger partial charge < -0.3 is 5.73 Å². The van der Waals surface area contributed by atoms with Crippen LogP contribution in [0.25, 0.3) is 0 Å². The third kappa shape index (κ3) is 3.35. The Hall–Kier alpha value is -1.26. The maximum Gasteiger partial charge on any atom is 0.249 e. The molecule has 1 atom stereocenters. The summed E-state index contributed by atoms with van der Waals surface area (Å²) in [6.07, 6.45) is 0.238. The Kier molecular flexibility index (Phi) is 4.37. The van der Waals surface area contributed by atoms with Crippen LogP contribution in [-0.2, 0) is 10.0 Å². The van der Waals surface area contributed by atoms with Crippen LogP contribution in [0.2, 0.25) is 0 Å². The first-order valence-electron chi connectivity index (χ1n) is 4.87. The van der Waals surface area contributed by atoms with Gasteiger partial charge in [-0.05, 0) is 40.5 Å². The standard InChI is InChI=1S/C10H12BrN3O2S/c1-2-8(6-12)17(15,16)14-7-3-4-10(13)9(11)5-7/h3-5,8,14H,2,13H2,1H3. The van der Waals surface area contributed by atoms with E-state index in [9.17, 15) is 8.42 Å². The van der Waals surface area contributed by atoms with Crippen molar-refractivity contribution in [3.63, 3.8) is 0 Å². The lowest BCUT2D eigenvalue weighted by Crippen LogP contribution is -2.25. The van der Waals surface area contributed by atoms with E-state index in [2.05, 4.69) is 20.7 Å². The number of anilines is 2. The van der Waals surface area contributed by atoms with Gasteiger partial charge in [0, 0.05) is 15.8 Å². The first-order valence-corrected chi connectivity index (χ1v) is 7.21. The number of nitrogen functional groups attached to an aromatic ring is 1. The fraction of sp³-hybridized carbons (Fsp3) is 0.300. The van der Waals surface area contributed by atoms with E-state index in [-0.39, 0.29) is 6.42 Å². The van der Waals surface area contributed by atoms with Gasteiger partial charge in [-0.1, -0.05) is 6.92 Å². The molecule has 92 valence electrons. The van der Waals surface area contributed by atoms with Crippen LogP contribution in [0.1, 0.15) is 13.3 Å². The van der Waals surface area contributed by atoms with Crippen molar-refractivity contribution in [1.29, 1.82) is 5.26 Å². The maximum absolute atomic E-state index is 11.8. The number of sulfonamides is 1. The molecular formula is C10H12BrN3O2S. The lowest BCUT2D eigenvalue weighted by atomic mass is 10.3. The van der Waals surface area contributed by atoms with Gasteiger partial charge in [-0.3, -0.25) is 4.72 Å². The number of hydrogen-bond acceptors (Lipinski definition) is 4. The lowest BCUT2D eigenvalue weighted by Gasteiger charge is -2.11. The molecule has 0 saturated heterocycles. The number of nitrogens with zero attached hydrogens (tertiary/aromatic N) is 1. The van der Waals surface area contributed by atoms with E-state index in [1.807, 2.05) is 0 Å². The SMILES string of the molecule is CCC(C#N)S(=O)(=O)Nc1ccc(N)c(Br)c1. The maximum atomic E-state index is 11.8. The zero-order chi connectivity index (χ0) is 13.1. The van der Waals surface area contributed by atoms with Gasteiger partial charge in [0.15, 0.2) is 5.25 Å².